The Kier molecular flexibility index (Phi) is 5.05. The predicted octanol–water partition coefficient (Wildman–Crippen LogP) is 1.42. The summed E-state index contributed by atoms with van der Waals surface area (Å²) in [5.74, 6) is -3.30. The van der Waals surface area contributed by atoms with E-state index in [1.54, 1.807) is 25.1 Å². The minimum atomic E-state index is -1.46. The largest absolute Gasteiger partial charge is 0.481 e. The molecule has 19 heavy (non-hydrogen) atoms. The van der Waals surface area contributed by atoms with Gasteiger partial charge in [0.1, 0.15) is 6.04 Å². The van der Waals surface area contributed by atoms with Gasteiger partial charge >= 0.3 is 11.9 Å². The maximum atomic E-state index is 11.9. The van der Waals surface area contributed by atoms with Crippen molar-refractivity contribution in [2.45, 2.75) is 19.4 Å². The molecule has 7 heteroatoms. The highest BCUT2D eigenvalue weighted by molar-refractivity contribution is 9.10. The Morgan fingerprint density at radius 3 is 2.47 bits per heavy atom. The number of carbonyl (C=O) groups excluding carboxylic acids is 1. The quantitative estimate of drug-likeness (QED) is 0.757. The lowest BCUT2D eigenvalue weighted by atomic mass is 10.1. The Morgan fingerprint density at radius 2 is 1.95 bits per heavy atom. The maximum absolute atomic E-state index is 11.9. The highest BCUT2D eigenvalue weighted by atomic mass is 79.9. The zero-order valence-electron chi connectivity index (χ0n) is 10.0. The molecule has 1 aromatic carbocycles. The van der Waals surface area contributed by atoms with Gasteiger partial charge in [0.15, 0.2) is 0 Å². The van der Waals surface area contributed by atoms with Gasteiger partial charge in [-0.3, -0.25) is 9.59 Å². The van der Waals surface area contributed by atoms with E-state index < -0.39 is 30.3 Å². The molecule has 0 aliphatic rings. The molecule has 0 heterocycles. The highest BCUT2D eigenvalue weighted by Gasteiger charge is 2.24. The number of aryl methyl sites for hydroxylation is 1. The van der Waals surface area contributed by atoms with Crippen molar-refractivity contribution in [3.05, 3.63) is 33.8 Å². The van der Waals surface area contributed by atoms with Crippen molar-refractivity contribution < 1.29 is 24.6 Å². The molecule has 0 aliphatic heterocycles. The molecule has 1 aromatic rings. The van der Waals surface area contributed by atoms with E-state index in [1.165, 1.54) is 0 Å². The van der Waals surface area contributed by atoms with Crippen LogP contribution in [0, 0.1) is 6.92 Å². The summed E-state index contributed by atoms with van der Waals surface area (Å²) in [5, 5.41) is 19.6. The fourth-order valence-corrected chi connectivity index (χ4v) is 1.81. The Labute approximate surface area is 117 Å². The number of carboxylic acid groups (broad SMARTS) is 2. The molecular weight excluding hydrogens is 318 g/mol. The van der Waals surface area contributed by atoms with E-state index in [1.807, 2.05) is 0 Å². The molecule has 102 valence electrons. The first-order valence-corrected chi connectivity index (χ1v) is 6.12. The number of carbonyl (C=O) groups is 3. The number of hydrogen-bond donors (Lipinski definition) is 3. The van der Waals surface area contributed by atoms with Crippen molar-refractivity contribution in [1.29, 1.82) is 0 Å². The fraction of sp³-hybridized carbons (Fsp3) is 0.250. The molecular formula is C12H12BrNO5. The molecule has 1 rings (SSSR count). The van der Waals surface area contributed by atoms with Crippen molar-refractivity contribution in [3.63, 3.8) is 0 Å². The summed E-state index contributed by atoms with van der Waals surface area (Å²) in [6.45, 7) is 1.70. The van der Waals surface area contributed by atoms with Gasteiger partial charge in [0.25, 0.3) is 5.91 Å². The number of benzene rings is 1. The van der Waals surface area contributed by atoms with Crippen molar-refractivity contribution in [2.75, 3.05) is 0 Å². The summed E-state index contributed by atoms with van der Waals surface area (Å²) in [6.07, 6.45) is -0.672. The van der Waals surface area contributed by atoms with Crippen LogP contribution in [0.15, 0.2) is 22.7 Å². The number of rotatable bonds is 5. The summed E-state index contributed by atoms with van der Waals surface area (Å²) in [4.78, 5) is 33.3. The second-order valence-electron chi connectivity index (χ2n) is 3.92. The molecule has 0 saturated heterocycles. The van der Waals surface area contributed by atoms with E-state index in [0.717, 1.165) is 0 Å². The molecule has 0 aliphatic carbocycles. The van der Waals surface area contributed by atoms with E-state index >= 15 is 0 Å². The van der Waals surface area contributed by atoms with E-state index in [2.05, 4.69) is 21.2 Å². The minimum Gasteiger partial charge on any atom is -0.481 e. The summed E-state index contributed by atoms with van der Waals surface area (Å²) in [5.41, 5.74) is 0.964. The monoisotopic (exact) mass is 329 g/mol. The van der Waals surface area contributed by atoms with Gasteiger partial charge in [-0.2, -0.15) is 0 Å². The number of hydrogen-bond acceptors (Lipinski definition) is 3. The van der Waals surface area contributed by atoms with Crippen LogP contribution in [-0.4, -0.2) is 34.1 Å². The zero-order valence-corrected chi connectivity index (χ0v) is 11.6. The molecule has 6 nitrogen and oxygen atoms in total. The Hall–Kier alpha value is -1.89. The lowest BCUT2D eigenvalue weighted by Gasteiger charge is -2.13. The third kappa shape index (κ3) is 4.36. The molecule has 0 bridgehead atoms. The Bertz CT molecular complexity index is 529. The van der Waals surface area contributed by atoms with Crippen LogP contribution in [0.5, 0.6) is 0 Å². The second-order valence-corrected chi connectivity index (χ2v) is 4.84. The van der Waals surface area contributed by atoms with Crippen molar-refractivity contribution in [3.8, 4) is 0 Å². The summed E-state index contributed by atoms with van der Waals surface area (Å²) in [6, 6.07) is 3.54. The van der Waals surface area contributed by atoms with E-state index in [4.69, 9.17) is 10.2 Å². The summed E-state index contributed by atoms with van der Waals surface area (Å²) < 4.78 is 0.674. The molecule has 0 spiro atoms. The van der Waals surface area contributed by atoms with Crippen molar-refractivity contribution >= 4 is 33.8 Å². The fourth-order valence-electron chi connectivity index (χ4n) is 1.45. The van der Waals surface area contributed by atoms with Crippen LogP contribution < -0.4 is 5.32 Å². The zero-order chi connectivity index (χ0) is 14.6. The Morgan fingerprint density at radius 1 is 1.32 bits per heavy atom. The van der Waals surface area contributed by atoms with E-state index in [-0.39, 0.29) is 0 Å². The average molecular weight is 330 g/mol. The summed E-state index contributed by atoms with van der Waals surface area (Å²) in [7, 11) is 0. The van der Waals surface area contributed by atoms with Crippen molar-refractivity contribution in [2.24, 2.45) is 0 Å². The van der Waals surface area contributed by atoms with Crippen LogP contribution >= 0.6 is 15.9 Å². The van der Waals surface area contributed by atoms with Gasteiger partial charge in [-0.1, -0.05) is 22.0 Å². The third-order valence-electron chi connectivity index (χ3n) is 2.43. The molecule has 1 atom stereocenters. The molecule has 0 unspecified atom stereocenters. The average Bonchev–Trinajstić information content (AvgIpc) is 2.30. The molecule has 0 fully saturated rings. The smallest absolute Gasteiger partial charge is 0.326 e. The topological polar surface area (TPSA) is 104 Å². The maximum Gasteiger partial charge on any atom is 0.326 e. The van der Waals surface area contributed by atoms with E-state index in [0.29, 0.717) is 15.6 Å². The molecule has 0 radical (unpaired) electrons. The lowest BCUT2D eigenvalue weighted by molar-refractivity contribution is -0.145. The standard InChI is InChI=1S/C12H12BrNO5/c1-6-2-3-7(13)4-8(6)11(17)14-9(12(18)19)5-10(15)16/h2-4,9H,5H2,1H3,(H,14,17)(H,15,16)(H,18,19)/t9-/m1/s1. The summed E-state index contributed by atoms with van der Waals surface area (Å²) >= 11 is 3.21. The molecule has 1 amide bonds. The van der Waals surface area contributed by atoms with Gasteiger partial charge in [0.05, 0.1) is 6.42 Å². The minimum absolute atomic E-state index is 0.297. The molecule has 0 aromatic heterocycles. The van der Waals surface area contributed by atoms with Gasteiger partial charge < -0.3 is 15.5 Å². The van der Waals surface area contributed by atoms with Crippen LogP contribution in [-0.2, 0) is 9.59 Å². The lowest BCUT2D eigenvalue weighted by Crippen LogP contribution is -2.42. The van der Waals surface area contributed by atoms with Gasteiger partial charge in [-0.25, -0.2) is 4.79 Å². The number of halogens is 1. The van der Waals surface area contributed by atoms with Gasteiger partial charge in [-0.05, 0) is 24.6 Å². The second kappa shape index (κ2) is 6.33. The highest BCUT2D eigenvalue weighted by Crippen LogP contribution is 2.16. The molecule has 0 saturated carbocycles. The third-order valence-corrected chi connectivity index (χ3v) is 2.92. The number of aliphatic carboxylic acids is 2. The Balaban J connectivity index is 2.90. The van der Waals surface area contributed by atoms with Gasteiger partial charge in [0.2, 0.25) is 0 Å². The number of amides is 1. The number of carboxylic acids is 2. The van der Waals surface area contributed by atoms with Crippen LogP contribution in [0.2, 0.25) is 0 Å². The van der Waals surface area contributed by atoms with Crippen LogP contribution in [0.4, 0.5) is 0 Å². The normalized spacial score (nSPS) is 11.7. The first-order chi connectivity index (χ1) is 8.81. The van der Waals surface area contributed by atoms with Crippen LogP contribution in [0.25, 0.3) is 0 Å². The first kappa shape index (κ1) is 15.2. The van der Waals surface area contributed by atoms with E-state index in [9.17, 15) is 14.4 Å². The van der Waals surface area contributed by atoms with Gasteiger partial charge in [-0.15, -0.1) is 0 Å². The van der Waals surface area contributed by atoms with Gasteiger partial charge in [0, 0.05) is 10.0 Å². The molecule has 3 N–H and O–H groups in total. The number of nitrogens with one attached hydrogen (secondary N) is 1. The van der Waals surface area contributed by atoms with Crippen molar-refractivity contribution in [1.82, 2.24) is 5.32 Å². The van der Waals surface area contributed by atoms with Crippen LogP contribution in [0.1, 0.15) is 22.3 Å². The SMILES string of the molecule is Cc1ccc(Br)cc1C(=O)N[C@H](CC(=O)O)C(=O)O. The first-order valence-electron chi connectivity index (χ1n) is 5.33. The predicted molar refractivity (Wildman–Crippen MR) is 70.0 cm³/mol. The van der Waals surface area contributed by atoms with Crippen LogP contribution in [0.3, 0.4) is 0 Å².